The average molecular weight is 1200 g/mol. The summed E-state index contributed by atoms with van der Waals surface area (Å²) in [5.41, 5.74) is 10.9. The number of unbranched alkanes of at least 4 members (excludes halogenated alkanes) is 3. The van der Waals surface area contributed by atoms with Gasteiger partial charge in [0.1, 0.15) is 29.8 Å². The first-order valence-electron chi connectivity index (χ1n) is 27.0. The van der Waals surface area contributed by atoms with Crippen molar-refractivity contribution in [3.05, 3.63) is 104 Å². The van der Waals surface area contributed by atoms with Crippen molar-refractivity contribution in [2.75, 3.05) is 44.4 Å². The Bertz CT molecular complexity index is 3630. The highest BCUT2D eigenvalue weighted by molar-refractivity contribution is 7.66. The number of anilines is 2. The minimum Gasteiger partial charge on any atom is -0.756 e. The molecule has 5 unspecified atom stereocenters. The predicted octanol–water partition coefficient (Wildman–Crippen LogP) is 3.32. The van der Waals surface area contributed by atoms with E-state index in [-0.39, 0.29) is 64.7 Å². The number of aliphatic hydroxyl groups excluding tert-OH is 2. The molecule has 1 fully saturated rings. The minimum atomic E-state index is -5.89. The molecule has 9 atom stereocenters. The van der Waals surface area contributed by atoms with Gasteiger partial charge >= 0.3 is 15.6 Å². The molecule has 2 aromatic heterocycles. The Morgan fingerprint density at radius 2 is 1.66 bits per heavy atom. The van der Waals surface area contributed by atoms with Crippen LogP contribution in [0.25, 0.3) is 16.7 Å². The molecular formula is C53H70N9O17P3. The van der Waals surface area contributed by atoms with Gasteiger partial charge in [0.05, 0.1) is 25.6 Å². The third-order valence-electron chi connectivity index (χ3n) is 14.9. The summed E-state index contributed by atoms with van der Waals surface area (Å²) in [6, 6.07) is 16.3. The summed E-state index contributed by atoms with van der Waals surface area (Å²) in [7, 11) is -15.4. The maximum atomic E-state index is 14.5. The molecule has 5 aromatic rings. The highest BCUT2D eigenvalue weighted by Gasteiger charge is 2.47. The number of aromatic amines is 1. The zero-order valence-electron chi connectivity index (χ0n) is 46.4. The Hall–Kier alpha value is -5.69. The normalized spacial score (nSPS) is 23.5. The van der Waals surface area contributed by atoms with Crippen molar-refractivity contribution in [1.29, 1.82) is 0 Å². The van der Waals surface area contributed by atoms with E-state index in [1.165, 1.54) is 11.1 Å². The molecule has 6 heterocycles. The van der Waals surface area contributed by atoms with Crippen molar-refractivity contribution in [2.45, 2.75) is 140 Å². The van der Waals surface area contributed by atoms with Gasteiger partial charge in [-0.2, -0.15) is 9.29 Å². The second kappa shape index (κ2) is 23.8. The summed E-state index contributed by atoms with van der Waals surface area (Å²) in [6.45, 7) is 12.4. The first kappa shape index (κ1) is 60.9. The molecular weight excluding hydrogens is 1130 g/mol. The molecule has 4 aliphatic heterocycles. The summed E-state index contributed by atoms with van der Waals surface area (Å²) in [5.74, 6) is 1.27. The molecule has 0 saturated carbocycles. The summed E-state index contributed by atoms with van der Waals surface area (Å²) in [5, 5.41) is 29.7. The number of imidazole rings is 1. The Labute approximate surface area is 471 Å². The van der Waals surface area contributed by atoms with Gasteiger partial charge in [-0.25, -0.2) is 23.4 Å². The number of nitrogens with one attached hydrogen (secondary N) is 4. The number of aliphatic hydroxyl groups is 2. The fourth-order valence-corrected chi connectivity index (χ4v) is 14.9. The molecule has 26 nitrogen and oxygen atoms in total. The molecule has 0 spiro atoms. The fourth-order valence-electron chi connectivity index (χ4n) is 11.4. The number of phosphoric acid groups is 3. The van der Waals surface area contributed by atoms with E-state index in [0.717, 1.165) is 56.7 Å². The predicted molar refractivity (Wildman–Crippen MR) is 296 cm³/mol. The smallest absolute Gasteiger partial charge is 0.487 e. The molecule has 4 aliphatic rings. The lowest BCUT2D eigenvalue weighted by Gasteiger charge is -2.38. The summed E-state index contributed by atoms with van der Waals surface area (Å²) < 4.78 is 68.2. The van der Waals surface area contributed by atoms with Crippen molar-refractivity contribution in [1.82, 2.24) is 29.7 Å². The quantitative estimate of drug-likeness (QED) is 0.0348. The van der Waals surface area contributed by atoms with Gasteiger partial charge in [0, 0.05) is 77.8 Å². The van der Waals surface area contributed by atoms with Crippen molar-refractivity contribution >= 4 is 63.7 Å². The number of aromatic nitrogens is 4. The molecule has 0 radical (unpaired) electrons. The highest BCUT2D eigenvalue weighted by Crippen LogP contribution is 2.66. The van der Waals surface area contributed by atoms with E-state index in [9.17, 15) is 53.0 Å². The largest absolute Gasteiger partial charge is 0.756 e. The molecule has 2 amide bonds. The molecule has 0 bridgehead atoms. The van der Waals surface area contributed by atoms with Crippen LogP contribution in [0.2, 0.25) is 0 Å². The number of nitrogens with two attached hydrogens (primary N) is 1. The van der Waals surface area contributed by atoms with Crippen molar-refractivity contribution in [3.8, 4) is 11.5 Å². The van der Waals surface area contributed by atoms with Crippen LogP contribution in [-0.4, -0.2) is 119 Å². The Kier molecular flexibility index (Phi) is 17.6. The third-order valence-corrected chi connectivity index (χ3v) is 19.1. The van der Waals surface area contributed by atoms with Crippen molar-refractivity contribution in [3.63, 3.8) is 0 Å². The number of benzene rings is 3. The van der Waals surface area contributed by atoms with Crippen molar-refractivity contribution < 1.29 is 80.3 Å². The van der Waals surface area contributed by atoms with Gasteiger partial charge in [0.2, 0.25) is 17.2 Å². The van der Waals surface area contributed by atoms with Gasteiger partial charge in [-0.1, -0.05) is 44.9 Å². The molecule has 29 heteroatoms. The minimum absolute atomic E-state index is 0.104. The van der Waals surface area contributed by atoms with E-state index in [4.69, 9.17) is 15.2 Å². The van der Waals surface area contributed by atoms with Crippen LogP contribution in [0.15, 0.2) is 59.7 Å². The van der Waals surface area contributed by atoms with E-state index < -0.39 is 66.8 Å². The number of amides is 2. The number of H-pyrrole nitrogens is 1. The summed E-state index contributed by atoms with van der Waals surface area (Å²) >= 11 is 0. The fraction of sp³-hybridized carbons (Fsp3) is 0.509. The van der Waals surface area contributed by atoms with Crippen LogP contribution < -0.4 is 47.1 Å². The Morgan fingerprint density at radius 3 is 2.43 bits per heavy atom. The van der Waals surface area contributed by atoms with Gasteiger partial charge in [0.15, 0.2) is 22.9 Å². The lowest BCUT2D eigenvalue weighted by atomic mass is 9.79. The first-order valence-corrected chi connectivity index (χ1v) is 31.5. The lowest BCUT2D eigenvalue weighted by molar-refractivity contribution is -0.588. The Balaban J connectivity index is 0.717. The van der Waals surface area contributed by atoms with Gasteiger partial charge in [-0.05, 0) is 94.5 Å². The Morgan fingerprint density at radius 1 is 0.927 bits per heavy atom. The molecule has 9 rings (SSSR count). The lowest BCUT2D eigenvalue weighted by Crippen LogP contribution is -2.90. The van der Waals surface area contributed by atoms with Gasteiger partial charge < -0.3 is 60.2 Å². The molecule has 1 saturated heterocycles. The monoisotopic (exact) mass is 1200 g/mol. The highest BCUT2D eigenvalue weighted by atomic mass is 31.3. The van der Waals surface area contributed by atoms with Crippen LogP contribution in [-0.2, 0) is 40.9 Å². The number of nitrogen functional groups attached to an aromatic ring is 1. The van der Waals surface area contributed by atoms with Crippen molar-refractivity contribution in [2.24, 2.45) is 0 Å². The summed E-state index contributed by atoms with van der Waals surface area (Å²) in [4.78, 5) is 87.4. The van der Waals surface area contributed by atoms with Crippen LogP contribution >= 0.6 is 23.5 Å². The number of rotatable bonds is 22. The molecule has 444 valence electrons. The maximum Gasteiger partial charge on any atom is 0.487 e. The third kappa shape index (κ3) is 13.8. The van der Waals surface area contributed by atoms with Crippen LogP contribution in [0, 0.1) is 0 Å². The molecule has 10 N–H and O–H groups in total. The standard InChI is InChI=1S/C53H70N9O17P3/c1-29-25-52(3,4)59-37-23-39-35(21-33(29)37)43(36-22-34-30(2)26-53(5,6)60-38(34)24-40(36)76-39)31-15-10-11-16-32(31)49(67)61(7)19-14-17-42(63)55-18-12-8-9-13-20-74-80(68,69)78-82(72,73)79-81(70,71)75-27-41-45(64)46(65)50(77-41)62-28-56-44-47(62)57-51(54)58-48(44)66/h10-11,15-16,21-24,28-30,41,45-46,50,59,64-65H,8-9,12-14,17-20,25-27H2,1-7H3,(H,55,63)(H,68,69)(H,70,71)(H,72,73)(H3,54,57,58,66)/t29?,30?,41-,45-,46-,50-/m1/s1. The molecule has 0 aliphatic carbocycles. The number of nitrogens with zero attached hydrogens (tertiary/aromatic N) is 4. The number of hydrogen-bond donors (Lipinski definition) is 9. The second-order valence-corrected chi connectivity index (χ2v) is 27.3. The van der Waals surface area contributed by atoms with Crippen LogP contribution in [0.1, 0.15) is 144 Å². The van der Waals surface area contributed by atoms with E-state index >= 15 is 0 Å². The number of carbonyl (C=O) groups is 2. The van der Waals surface area contributed by atoms with E-state index in [0.29, 0.717) is 55.8 Å². The zero-order valence-corrected chi connectivity index (χ0v) is 49.1. The maximum absolute atomic E-state index is 14.5. The average Bonchev–Trinajstić information content (AvgIpc) is 1.88. The SMILES string of the molecule is CC1CC(C)(C)Nc2cc3c(cc21)C(c1ccccc1C(=O)N(C)CCCC(=O)NCCCCCCOP(=O)([O-])OP(=O)(O)OP(=O)(O)OC[C@H]1O[C@@H](n2cnc4c(=O)[nH]c(N)nc42)[C@H](O)[C@@H]1O)=c1cc2c(cc1O3)=[NH+]C(C)(C)CC2C. The van der Waals surface area contributed by atoms with Crippen LogP contribution in [0.3, 0.4) is 0 Å². The van der Waals surface area contributed by atoms with Gasteiger partial charge in [0.25, 0.3) is 19.3 Å². The van der Waals surface area contributed by atoms with Crippen LogP contribution in [0.4, 0.5) is 11.6 Å². The first-order chi connectivity index (χ1) is 38.5. The van der Waals surface area contributed by atoms with E-state index in [2.05, 4.69) is 114 Å². The number of carbonyl (C=O) groups excluding carboxylic acids is 2. The number of fused-ring (bicyclic) bond motifs is 5. The number of ether oxygens (including phenoxy) is 2. The van der Waals surface area contributed by atoms with E-state index in [1.807, 2.05) is 24.3 Å². The van der Waals surface area contributed by atoms with Gasteiger partial charge in [-0.15, -0.1) is 0 Å². The molecule has 3 aromatic carbocycles. The zero-order chi connectivity index (χ0) is 59.3. The second-order valence-electron chi connectivity index (χ2n) is 22.7. The van der Waals surface area contributed by atoms with Gasteiger partial charge in [-0.3, -0.25) is 33.0 Å². The van der Waals surface area contributed by atoms with Crippen LogP contribution in [0.5, 0.6) is 11.5 Å². The number of hydrogen-bond acceptors (Lipinski definition) is 19. The summed E-state index contributed by atoms with van der Waals surface area (Å²) in [6.07, 6.45) is -1.45. The molecule has 82 heavy (non-hydrogen) atoms. The van der Waals surface area contributed by atoms with E-state index in [1.54, 1.807) is 11.9 Å². The number of phosphoric ester groups is 2. The topological polar surface area (TPSA) is 376 Å².